The van der Waals surface area contributed by atoms with Crippen LogP contribution in [0.2, 0.25) is 0 Å². The van der Waals surface area contributed by atoms with Gasteiger partial charge in [-0.2, -0.15) is 0 Å². The zero-order chi connectivity index (χ0) is 24.5. The number of carbonyl (C=O) groups excluding carboxylic acids is 3. The van der Waals surface area contributed by atoms with E-state index in [1.54, 1.807) is 0 Å². The summed E-state index contributed by atoms with van der Waals surface area (Å²) >= 11 is 0. The third-order valence-corrected chi connectivity index (χ3v) is 4.70. The van der Waals surface area contributed by atoms with Crippen molar-refractivity contribution in [2.45, 2.75) is 13.8 Å². The van der Waals surface area contributed by atoms with Gasteiger partial charge in [0, 0.05) is 52.4 Å². The van der Waals surface area contributed by atoms with Crippen LogP contribution in [0, 0.1) is 39.9 Å². The average Bonchev–Trinajstić information content (AvgIpc) is 2.73. The van der Waals surface area contributed by atoms with Gasteiger partial charge in [0.05, 0.1) is 37.6 Å². The second-order valence-electron chi connectivity index (χ2n) is 7.03. The smallest absolute Gasteiger partial charge is 0.846 e. The van der Waals surface area contributed by atoms with Gasteiger partial charge in [0.2, 0.25) is 5.91 Å². The number of aliphatic imine (C=N–C) groups is 1. The summed E-state index contributed by atoms with van der Waals surface area (Å²) in [5, 5.41) is 34.5. The zero-order valence-electron chi connectivity index (χ0n) is 19.4. The van der Waals surface area contributed by atoms with Gasteiger partial charge in [-0.3, -0.25) is 14.7 Å². The maximum Gasteiger partial charge on any atom is 3.00 e. The number of amidine groups is 1. The Labute approximate surface area is 227 Å². The number of amides is 1. The summed E-state index contributed by atoms with van der Waals surface area (Å²) in [4.78, 5) is 44.2. The summed E-state index contributed by atoms with van der Waals surface area (Å²) in [6.07, 6.45) is 0. The molecule has 0 aromatic carbocycles. The van der Waals surface area contributed by atoms with Crippen LogP contribution in [-0.2, 0) is 14.4 Å². The molecule has 1 amide bonds. The van der Waals surface area contributed by atoms with Crippen molar-refractivity contribution in [2.75, 3.05) is 85.1 Å². The van der Waals surface area contributed by atoms with Gasteiger partial charge in [-0.05, 0) is 13.1 Å². The summed E-state index contributed by atoms with van der Waals surface area (Å²) in [5.41, 5.74) is 11.0. The first-order valence-electron chi connectivity index (χ1n) is 10.7. The third-order valence-electron chi connectivity index (χ3n) is 4.70. The zero-order valence-corrected chi connectivity index (χ0v) is 21.7. The van der Waals surface area contributed by atoms with E-state index in [-0.39, 0.29) is 98.2 Å². The Morgan fingerprint density at radius 1 is 0.727 bits per heavy atom. The molecule has 0 bridgehead atoms. The first kappa shape index (κ1) is 34.0. The molecule has 0 rings (SSSR count). The van der Waals surface area contributed by atoms with Crippen LogP contribution in [0.5, 0.6) is 0 Å². The maximum absolute atomic E-state index is 12.5. The summed E-state index contributed by atoms with van der Waals surface area (Å²) in [6, 6.07) is -0.742. The van der Waals surface area contributed by atoms with Gasteiger partial charge in [0.1, 0.15) is 0 Å². The second kappa shape index (κ2) is 20.2. The Kier molecular flexibility index (Phi) is 20.9. The van der Waals surface area contributed by atoms with Gasteiger partial charge in [-0.25, -0.2) is 0 Å². The quantitative estimate of drug-likeness (QED) is 0.110. The fourth-order valence-electron chi connectivity index (χ4n) is 2.95. The standard InChI is InChI=1S/C19H39N7O6.Gd/c1-3-23(4-2)10-7-22-19(32)26(15-18(30)31)12-11-24(14-17(28)29)13-16(27)25(8-5-20)9-6-21;/h3-15,20-21H2,1-2H3,(H,22,32)(H,28,29)(H,30,31);/q;+3/p-3. The van der Waals surface area contributed by atoms with Crippen LogP contribution in [0.1, 0.15) is 13.8 Å². The van der Waals surface area contributed by atoms with E-state index in [9.17, 15) is 29.7 Å². The van der Waals surface area contributed by atoms with E-state index in [0.717, 1.165) is 18.0 Å². The number of nitrogens with zero attached hydrogens (tertiary/aromatic N) is 5. The number of carbonyl (C=O) groups is 3. The van der Waals surface area contributed by atoms with E-state index < -0.39 is 31.0 Å². The maximum atomic E-state index is 12.5. The first-order chi connectivity index (χ1) is 15.2. The van der Waals surface area contributed by atoms with Gasteiger partial charge in [-0.15, -0.1) is 0 Å². The molecule has 0 saturated heterocycles. The molecule has 13 nitrogen and oxygen atoms in total. The summed E-state index contributed by atoms with van der Waals surface area (Å²) in [7, 11) is 0. The predicted molar refractivity (Wildman–Crippen MR) is 113 cm³/mol. The van der Waals surface area contributed by atoms with Crippen LogP contribution in [0.15, 0.2) is 4.99 Å². The molecule has 191 valence electrons. The summed E-state index contributed by atoms with van der Waals surface area (Å²) < 4.78 is 0. The molecule has 0 saturated carbocycles. The summed E-state index contributed by atoms with van der Waals surface area (Å²) in [5.74, 6) is -3.27. The molecule has 0 fully saturated rings. The molecule has 14 heteroatoms. The minimum Gasteiger partial charge on any atom is -0.846 e. The molecular weight excluding hydrogens is 580 g/mol. The Balaban J connectivity index is 0. The van der Waals surface area contributed by atoms with Crippen LogP contribution in [0.3, 0.4) is 0 Å². The largest absolute Gasteiger partial charge is 3.00 e. The van der Waals surface area contributed by atoms with Crippen LogP contribution < -0.4 is 26.8 Å². The molecule has 0 aliphatic carbocycles. The van der Waals surface area contributed by atoms with Crippen molar-refractivity contribution in [3.05, 3.63) is 0 Å². The SMILES string of the molecule is CCN(CC)CCN=C([O-])N(CCN(CC(=O)[O-])CC(=O)N(CCN)CCN)CC(=O)[O-].[Gd+3]. The van der Waals surface area contributed by atoms with E-state index >= 15 is 0 Å². The van der Waals surface area contributed by atoms with E-state index in [1.807, 2.05) is 13.8 Å². The Hall–Kier alpha value is -1.16. The molecule has 33 heavy (non-hydrogen) atoms. The molecule has 4 N–H and O–H groups in total. The monoisotopic (exact) mass is 616 g/mol. The van der Waals surface area contributed by atoms with Gasteiger partial charge in [0.15, 0.2) is 0 Å². The van der Waals surface area contributed by atoms with Gasteiger partial charge in [0.25, 0.3) is 0 Å². The molecule has 0 atom stereocenters. The normalized spacial score (nSPS) is 11.4. The number of carboxylic acid groups (broad SMARTS) is 2. The average molecular weight is 616 g/mol. The van der Waals surface area contributed by atoms with Crippen LogP contribution >= 0.6 is 0 Å². The van der Waals surface area contributed by atoms with Crippen LogP contribution in [0.25, 0.3) is 0 Å². The number of aliphatic carboxylic acids is 2. The molecule has 0 spiro atoms. The van der Waals surface area contributed by atoms with Crippen molar-refractivity contribution in [3.8, 4) is 0 Å². The first-order valence-corrected chi connectivity index (χ1v) is 10.7. The minimum absolute atomic E-state index is 0. The van der Waals surface area contributed by atoms with Crippen molar-refractivity contribution in [1.82, 2.24) is 19.6 Å². The molecule has 1 radical (unpaired) electrons. The molecule has 0 aliphatic heterocycles. The fourth-order valence-corrected chi connectivity index (χ4v) is 2.95. The fraction of sp³-hybridized carbons (Fsp3) is 0.789. The molecular formula is C19H36GdN7O6. The molecule has 0 aromatic rings. The van der Waals surface area contributed by atoms with E-state index in [4.69, 9.17) is 11.5 Å². The van der Waals surface area contributed by atoms with E-state index in [0.29, 0.717) is 6.54 Å². The minimum atomic E-state index is -1.48. The number of hydrogen-bond donors (Lipinski definition) is 2. The number of rotatable bonds is 18. The van der Waals surface area contributed by atoms with E-state index in [2.05, 4.69) is 9.89 Å². The number of nitrogens with two attached hydrogens (primary N) is 2. The van der Waals surface area contributed by atoms with Crippen molar-refractivity contribution < 1.29 is 69.6 Å². The number of likely N-dealkylation sites (N-methyl/N-ethyl adjacent to an activating group) is 1. The van der Waals surface area contributed by atoms with Gasteiger partial charge >= 0.3 is 39.9 Å². The predicted octanol–water partition coefficient (Wildman–Crippen LogP) is -6.11. The molecule has 0 heterocycles. The topological polar surface area (TPSA) is 198 Å². The molecule has 0 aliphatic rings. The Bertz CT molecular complexity index is 601. The van der Waals surface area contributed by atoms with Crippen LogP contribution in [-0.4, -0.2) is 129 Å². The number of carboxylic acids is 2. The van der Waals surface area contributed by atoms with Crippen molar-refractivity contribution in [2.24, 2.45) is 16.5 Å². The van der Waals surface area contributed by atoms with Gasteiger partial charge in [-0.1, -0.05) is 13.8 Å². The number of hydrogen-bond acceptors (Lipinski definition) is 11. The van der Waals surface area contributed by atoms with Crippen LogP contribution in [0.4, 0.5) is 0 Å². The van der Waals surface area contributed by atoms with Crippen molar-refractivity contribution in [1.29, 1.82) is 0 Å². The summed E-state index contributed by atoms with van der Waals surface area (Å²) in [6.45, 7) is 5.44. The Morgan fingerprint density at radius 3 is 1.73 bits per heavy atom. The van der Waals surface area contributed by atoms with Crippen molar-refractivity contribution >= 4 is 23.9 Å². The molecule has 0 unspecified atom stereocenters. The molecule has 0 aromatic heterocycles. The third kappa shape index (κ3) is 16.2. The van der Waals surface area contributed by atoms with Gasteiger partial charge < -0.3 is 51.1 Å². The Morgan fingerprint density at radius 2 is 1.27 bits per heavy atom. The van der Waals surface area contributed by atoms with E-state index in [1.165, 1.54) is 9.80 Å². The second-order valence-corrected chi connectivity index (χ2v) is 7.03. The van der Waals surface area contributed by atoms with Crippen molar-refractivity contribution in [3.63, 3.8) is 0 Å².